The van der Waals surface area contributed by atoms with Crippen molar-refractivity contribution in [2.24, 2.45) is 0 Å². The maximum absolute atomic E-state index is 13.1. The first kappa shape index (κ1) is 24.0. The van der Waals surface area contributed by atoms with Crippen molar-refractivity contribution in [1.82, 2.24) is 9.97 Å². The van der Waals surface area contributed by atoms with Gasteiger partial charge in [0.1, 0.15) is 10.6 Å². The highest BCUT2D eigenvalue weighted by molar-refractivity contribution is 7.98. The second-order valence-electron chi connectivity index (χ2n) is 7.65. The van der Waals surface area contributed by atoms with Crippen molar-refractivity contribution in [2.75, 3.05) is 43.8 Å². The van der Waals surface area contributed by atoms with Gasteiger partial charge in [0.2, 0.25) is 0 Å². The molecule has 9 nitrogen and oxygen atoms in total. The molecule has 0 spiro atoms. The van der Waals surface area contributed by atoms with Gasteiger partial charge in [-0.15, -0.1) is 11.3 Å². The van der Waals surface area contributed by atoms with E-state index >= 15 is 0 Å². The highest BCUT2D eigenvalue weighted by atomic mass is 32.2. The van der Waals surface area contributed by atoms with Gasteiger partial charge >= 0.3 is 11.9 Å². The molecule has 0 saturated carbocycles. The summed E-state index contributed by atoms with van der Waals surface area (Å²) in [6, 6.07) is 6.06. The van der Waals surface area contributed by atoms with Crippen molar-refractivity contribution in [3.8, 4) is 0 Å². The standard InChI is InChI=1S/C23H24N4O5S2/c1-31-21(29)13-9-14(22(30)32-2)11-15(10-13)24-19(28)17-12-16-18(27-7-5-4-6-8-27)25-23(33-3)26-20(16)34-17/h9-12H,4-8H2,1-3H3,(H,24,28). The van der Waals surface area contributed by atoms with Gasteiger partial charge in [0.05, 0.1) is 35.6 Å². The Morgan fingerprint density at radius 2 is 1.62 bits per heavy atom. The molecular formula is C23H24N4O5S2. The third-order valence-corrected chi connectivity index (χ3v) is 7.02. The Kier molecular flexibility index (Phi) is 7.32. The number of anilines is 2. The molecule has 1 fully saturated rings. The van der Waals surface area contributed by atoms with Crippen LogP contribution in [0, 0.1) is 0 Å². The lowest BCUT2D eigenvalue weighted by molar-refractivity contribution is 0.0599. The Balaban J connectivity index is 1.68. The SMILES string of the molecule is COC(=O)c1cc(NC(=O)c2cc3c(N4CCCCC4)nc(SC)nc3s2)cc(C(=O)OC)c1. The zero-order valence-corrected chi connectivity index (χ0v) is 20.7. The van der Waals surface area contributed by atoms with Crippen LogP contribution in [0.25, 0.3) is 10.2 Å². The summed E-state index contributed by atoms with van der Waals surface area (Å²) in [6.07, 6.45) is 5.35. The van der Waals surface area contributed by atoms with Crippen LogP contribution in [0.4, 0.5) is 11.5 Å². The van der Waals surface area contributed by atoms with Crippen LogP contribution in [-0.4, -0.2) is 61.4 Å². The quantitative estimate of drug-likeness (QED) is 0.302. The van der Waals surface area contributed by atoms with Crippen LogP contribution in [0.5, 0.6) is 0 Å². The van der Waals surface area contributed by atoms with E-state index in [0.717, 1.165) is 42.0 Å². The summed E-state index contributed by atoms with van der Waals surface area (Å²) in [5.74, 6) is -0.788. The van der Waals surface area contributed by atoms with Gasteiger partial charge in [-0.05, 0) is 49.8 Å². The number of benzene rings is 1. The van der Waals surface area contributed by atoms with Gasteiger partial charge in [0.25, 0.3) is 5.91 Å². The lowest BCUT2D eigenvalue weighted by atomic mass is 10.1. The van der Waals surface area contributed by atoms with Crippen molar-refractivity contribution in [2.45, 2.75) is 24.4 Å². The molecule has 0 bridgehead atoms. The zero-order valence-electron chi connectivity index (χ0n) is 19.0. The second kappa shape index (κ2) is 10.4. The number of methoxy groups -OCH3 is 2. The molecule has 3 heterocycles. The van der Waals surface area contributed by atoms with Crippen molar-refractivity contribution >= 4 is 62.7 Å². The van der Waals surface area contributed by atoms with E-state index in [4.69, 9.17) is 14.5 Å². The largest absolute Gasteiger partial charge is 0.465 e. The molecule has 1 N–H and O–H groups in total. The minimum absolute atomic E-state index is 0.125. The number of rotatable bonds is 6. The predicted molar refractivity (Wildman–Crippen MR) is 132 cm³/mol. The molecule has 3 aromatic rings. The van der Waals surface area contributed by atoms with Gasteiger partial charge in [0.15, 0.2) is 5.16 Å². The second-order valence-corrected chi connectivity index (χ2v) is 9.45. The van der Waals surface area contributed by atoms with E-state index in [1.54, 1.807) is 6.07 Å². The Morgan fingerprint density at radius 3 is 2.21 bits per heavy atom. The summed E-state index contributed by atoms with van der Waals surface area (Å²) in [4.78, 5) is 50.0. The van der Waals surface area contributed by atoms with E-state index in [2.05, 4.69) is 15.2 Å². The molecule has 34 heavy (non-hydrogen) atoms. The van der Waals surface area contributed by atoms with Crippen LogP contribution in [0.15, 0.2) is 29.4 Å². The van der Waals surface area contributed by atoms with Gasteiger partial charge in [-0.1, -0.05) is 11.8 Å². The molecule has 0 radical (unpaired) electrons. The molecule has 1 aromatic carbocycles. The molecule has 2 aromatic heterocycles. The van der Waals surface area contributed by atoms with Crippen LogP contribution in [-0.2, 0) is 9.47 Å². The number of carbonyl (C=O) groups is 3. The van der Waals surface area contributed by atoms with Crippen LogP contribution < -0.4 is 10.2 Å². The lowest BCUT2D eigenvalue weighted by Gasteiger charge is -2.28. The van der Waals surface area contributed by atoms with Gasteiger partial charge in [-0.25, -0.2) is 19.6 Å². The number of amides is 1. The van der Waals surface area contributed by atoms with Gasteiger partial charge in [-0.2, -0.15) is 0 Å². The summed E-state index contributed by atoms with van der Waals surface area (Å²) < 4.78 is 9.52. The smallest absolute Gasteiger partial charge is 0.337 e. The summed E-state index contributed by atoms with van der Waals surface area (Å²) in [6.45, 7) is 1.85. The Hall–Kier alpha value is -3.18. The van der Waals surface area contributed by atoms with E-state index in [0.29, 0.717) is 10.0 Å². The fourth-order valence-corrected chi connectivity index (χ4v) is 5.14. The Morgan fingerprint density at radius 1 is 0.971 bits per heavy atom. The third-order valence-electron chi connectivity index (χ3n) is 5.45. The van der Waals surface area contributed by atoms with E-state index < -0.39 is 11.9 Å². The van der Waals surface area contributed by atoms with Crippen LogP contribution in [0.1, 0.15) is 49.7 Å². The molecule has 178 valence electrons. The van der Waals surface area contributed by atoms with Gasteiger partial charge in [0, 0.05) is 18.8 Å². The number of piperidine rings is 1. The Bertz CT molecular complexity index is 1220. The number of ether oxygens (including phenoxy) is 2. The number of carbonyl (C=O) groups excluding carboxylic acids is 3. The summed E-state index contributed by atoms with van der Waals surface area (Å²) in [5, 5.41) is 4.28. The number of hydrogen-bond donors (Lipinski definition) is 1. The predicted octanol–water partition coefficient (Wildman–Crippen LogP) is 4.23. The molecule has 1 saturated heterocycles. The number of thioether (sulfide) groups is 1. The monoisotopic (exact) mass is 500 g/mol. The van der Waals surface area contributed by atoms with E-state index in [1.807, 2.05) is 6.26 Å². The normalized spacial score (nSPS) is 13.6. The molecule has 0 aliphatic carbocycles. The van der Waals surface area contributed by atoms with E-state index in [1.165, 1.54) is 61.9 Å². The van der Waals surface area contributed by atoms with Crippen molar-refractivity contribution in [3.05, 3.63) is 40.3 Å². The lowest BCUT2D eigenvalue weighted by Crippen LogP contribution is -2.30. The van der Waals surface area contributed by atoms with Crippen molar-refractivity contribution in [1.29, 1.82) is 0 Å². The first-order chi connectivity index (χ1) is 16.4. The number of aromatic nitrogens is 2. The van der Waals surface area contributed by atoms with Crippen molar-refractivity contribution in [3.63, 3.8) is 0 Å². The van der Waals surface area contributed by atoms with Crippen LogP contribution >= 0.6 is 23.1 Å². The average molecular weight is 501 g/mol. The number of esters is 2. The molecule has 1 aliphatic rings. The maximum atomic E-state index is 13.1. The maximum Gasteiger partial charge on any atom is 0.337 e. The fourth-order valence-electron chi connectivity index (χ4n) is 3.80. The van der Waals surface area contributed by atoms with Gasteiger partial charge < -0.3 is 19.7 Å². The number of thiophene rings is 1. The first-order valence-electron chi connectivity index (χ1n) is 10.7. The third kappa shape index (κ3) is 5.00. The molecule has 1 aliphatic heterocycles. The van der Waals surface area contributed by atoms with E-state index in [9.17, 15) is 14.4 Å². The fraction of sp³-hybridized carbons (Fsp3) is 0.348. The molecule has 0 unspecified atom stereocenters. The summed E-state index contributed by atoms with van der Waals surface area (Å²) in [7, 11) is 2.48. The minimum atomic E-state index is -0.630. The number of hydrogen-bond acceptors (Lipinski definition) is 10. The highest BCUT2D eigenvalue weighted by Crippen LogP contribution is 2.34. The number of nitrogens with zero attached hydrogens (tertiary/aromatic N) is 3. The number of nitrogens with one attached hydrogen (secondary N) is 1. The summed E-state index contributed by atoms with van der Waals surface area (Å²) in [5.41, 5.74) is 0.526. The molecule has 0 atom stereocenters. The van der Waals surface area contributed by atoms with Gasteiger partial charge in [-0.3, -0.25) is 4.79 Å². The average Bonchev–Trinajstić information content (AvgIpc) is 3.31. The highest BCUT2D eigenvalue weighted by Gasteiger charge is 2.22. The van der Waals surface area contributed by atoms with Crippen LogP contribution in [0.3, 0.4) is 0 Å². The minimum Gasteiger partial charge on any atom is -0.465 e. The zero-order chi connectivity index (χ0) is 24.2. The molecular weight excluding hydrogens is 476 g/mol. The van der Waals surface area contributed by atoms with Crippen molar-refractivity contribution < 1.29 is 23.9 Å². The first-order valence-corrected chi connectivity index (χ1v) is 12.7. The Labute approximate surface area is 204 Å². The topological polar surface area (TPSA) is 111 Å². The summed E-state index contributed by atoms with van der Waals surface area (Å²) >= 11 is 2.74. The number of fused-ring (bicyclic) bond motifs is 1. The molecule has 11 heteroatoms. The van der Waals surface area contributed by atoms with Crippen LogP contribution in [0.2, 0.25) is 0 Å². The van der Waals surface area contributed by atoms with E-state index in [-0.39, 0.29) is 22.7 Å². The molecule has 4 rings (SSSR count). The molecule has 1 amide bonds.